The number of rotatable bonds is 5. The van der Waals surface area contributed by atoms with Crippen LogP contribution in [0.15, 0.2) is 12.3 Å². The molecule has 4 heteroatoms. The van der Waals surface area contributed by atoms with E-state index in [0.29, 0.717) is 12.6 Å². The number of ether oxygens (including phenoxy) is 1. The number of likely N-dealkylation sites (tertiary alicyclic amines) is 1. The molecule has 0 unspecified atom stereocenters. The third-order valence-corrected chi connectivity index (χ3v) is 2.89. The van der Waals surface area contributed by atoms with Gasteiger partial charge in [0, 0.05) is 18.4 Å². The van der Waals surface area contributed by atoms with E-state index in [-0.39, 0.29) is 0 Å². The molecule has 0 amide bonds. The largest absolute Gasteiger partial charge is 0.462 e. The Kier molecular flexibility index (Phi) is 4.10. The summed E-state index contributed by atoms with van der Waals surface area (Å²) in [6.07, 6.45) is 5.33. The lowest BCUT2D eigenvalue weighted by molar-refractivity contribution is 0.225. The molecule has 1 aliphatic heterocycles. The van der Waals surface area contributed by atoms with Gasteiger partial charge in [0.1, 0.15) is 6.61 Å². The van der Waals surface area contributed by atoms with E-state index >= 15 is 0 Å². The van der Waals surface area contributed by atoms with Crippen LogP contribution in [-0.2, 0) is 6.42 Å². The summed E-state index contributed by atoms with van der Waals surface area (Å²) in [5, 5.41) is 0. The van der Waals surface area contributed by atoms with Crippen LogP contribution in [0.5, 0.6) is 6.01 Å². The number of hydrogen-bond acceptors (Lipinski definition) is 4. The zero-order valence-corrected chi connectivity index (χ0v) is 9.85. The lowest BCUT2D eigenvalue weighted by Gasteiger charge is -2.14. The molecule has 2 rings (SSSR count). The van der Waals surface area contributed by atoms with Gasteiger partial charge in [0.2, 0.25) is 0 Å². The van der Waals surface area contributed by atoms with Gasteiger partial charge in [0.05, 0.1) is 0 Å². The van der Waals surface area contributed by atoms with Crippen LogP contribution in [0.25, 0.3) is 0 Å². The maximum atomic E-state index is 5.55. The highest BCUT2D eigenvalue weighted by Crippen LogP contribution is 2.07. The maximum Gasteiger partial charge on any atom is 0.316 e. The number of aromatic nitrogens is 2. The van der Waals surface area contributed by atoms with E-state index in [2.05, 4.69) is 21.8 Å². The predicted octanol–water partition coefficient (Wildman–Crippen LogP) is 1.51. The van der Waals surface area contributed by atoms with Crippen molar-refractivity contribution < 1.29 is 4.74 Å². The SMILES string of the molecule is CCc1ccnc(OCCN2CCCC2)n1. The Morgan fingerprint density at radius 1 is 1.38 bits per heavy atom. The summed E-state index contributed by atoms with van der Waals surface area (Å²) in [4.78, 5) is 10.8. The average Bonchev–Trinajstić information content (AvgIpc) is 2.82. The molecule has 0 bridgehead atoms. The van der Waals surface area contributed by atoms with Crippen molar-refractivity contribution >= 4 is 0 Å². The van der Waals surface area contributed by atoms with E-state index in [1.165, 1.54) is 25.9 Å². The van der Waals surface area contributed by atoms with Crippen LogP contribution < -0.4 is 4.74 Å². The smallest absolute Gasteiger partial charge is 0.316 e. The minimum atomic E-state index is 0.513. The van der Waals surface area contributed by atoms with E-state index in [4.69, 9.17) is 4.74 Å². The van der Waals surface area contributed by atoms with E-state index in [1.54, 1.807) is 6.20 Å². The van der Waals surface area contributed by atoms with Crippen molar-refractivity contribution in [2.24, 2.45) is 0 Å². The van der Waals surface area contributed by atoms with Crippen LogP contribution in [0.4, 0.5) is 0 Å². The van der Waals surface area contributed by atoms with Crippen molar-refractivity contribution in [3.63, 3.8) is 0 Å². The molecular formula is C12H19N3O. The highest BCUT2D eigenvalue weighted by atomic mass is 16.5. The fourth-order valence-electron chi connectivity index (χ4n) is 1.91. The molecule has 1 fully saturated rings. The molecule has 0 saturated carbocycles. The van der Waals surface area contributed by atoms with Gasteiger partial charge in [-0.25, -0.2) is 9.97 Å². The lowest BCUT2D eigenvalue weighted by atomic mass is 10.3. The van der Waals surface area contributed by atoms with Crippen LogP contribution in [-0.4, -0.2) is 41.1 Å². The standard InChI is InChI=1S/C12H19N3O/c1-2-11-5-6-13-12(14-11)16-10-9-15-7-3-4-8-15/h5-6H,2-4,7-10H2,1H3. The third-order valence-electron chi connectivity index (χ3n) is 2.89. The average molecular weight is 221 g/mol. The summed E-state index contributed by atoms with van der Waals surface area (Å²) in [6.45, 7) is 6.17. The summed E-state index contributed by atoms with van der Waals surface area (Å²) < 4.78 is 5.55. The maximum absolute atomic E-state index is 5.55. The number of aryl methyl sites for hydroxylation is 1. The summed E-state index contributed by atoms with van der Waals surface area (Å²) in [7, 11) is 0. The molecule has 1 aromatic rings. The minimum Gasteiger partial charge on any atom is -0.462 e. The van der Waals surface area contributed by atoms with Crippen molar-refractivity contribution in [2.75, 3.05) is 26.2 Å². The van der Waals surface area contributed by atoms with Crippen molar-refractivity contribution in [3.05, 3.63) is 18.0 Å². The lowest BCUT2D eigenvalue weighted by Crippen LogP contribution is -2.25. The molecule has 4 nitrogen and oxygen atoms in total. The van der Waals surface area contributed by atoms with Gasteiger partial charge in [0.15, 0.2) is 0 Å². The van der Waals surface area contributed by atoms with Gasteiger partial charge in [-0.2, -0.15) is 0 Å². The van der Waals surface area contributed by atoms with Crippen molar-refractivity contribution in [1.82, 2.24) is 14.9 Å². The Morgan fingerprint density at radius 2 is 2.19 bits per heavy atom. The van der Waals surface area contributed by atoms with Gasteiger partial charge in [-0.05, 0) is 38.4 Å². The first-order valence-corrected chi connectivity index (χ1v) is 6.05. The molecular weight excluding hydrogens is 202 g/mol. The highest BCUT2D eigenvalue weighted by Gasteiger charge is 2.11. The van der Waals surface area contributed by atoms with Gasteiger partial charge in [-0.15, -0.1) is 0 Å². The van der Waals surface area contributed by atoms with E-state index in [1.807, 2.05) is 6.07 Å². The Hall–Kier alpha value is -1.16. The second kappa shape index (κ2) is 5.80. The molecule has 0 aliphatic carbocycles. The number of nitrogens with zero attached hydrogens (tertiary/aromatic N) is 3. The zero-order chi connectivity index (χ0) is 11.2. The summed E-state index contributed by atoms with van der Waals surface area (Å²) in [5.74, 6) is 0. The van der Waals surface area contributed by atoms with Gasteiger partial charge < -0.3 is 4.74 Å². The molecule has 1 aliphatic rings. The predicted molar refractivity (Wildman–Crippen MR) is 62.6 cm³/mol. The van der Waals surface area contributed by atoms with Gasteiger partial charge in [0.25, 0.3) is 0 Å². The Morgan fingerprint density at radius 3 is 2.94 bits per heavy atom. The quantitative estimate of drug-likeness (QED) is 0.755. The van der Waals surface area contributed by atoms with E-state index in [0.717, 1.165) is 18.7 Å². The Labute approximate surface area is 96.7 Å². The molecule has 0 aromatic carbocycles. The van der Waals surface area contributed by atoms with Crippen molar-refractivity contribution in [1.29, 1.82) is 0 Å². The van der Waals surface area contributed by atoms with Crippen LogP contribution in [0.2, 0.25) is 0 Å². The summed E-state index contributed by atoms with van der Waals surface area (Å²) >= 11 is 0. The number of hydrogen-bond donors (Lipinski definition) is 0. The topological polar surface area (TPSA) is 38.2 Å². The molecule has 16 heavy (non-hydrogen) atoms. The van der Waals surface area contributed by atoms with E-state index < -0.39 is 0 Å². The Bertz CT molecular complexity index is 324. The molecule has 1 aromatic heterocycles. The first-order chi connectivity index (χ1) is 7.88. The van der Waals surface area contributed by atoms with E-state index in [9.17, 15) is 0 Å². The van der Waals surface area contributed by atoms with Gasteiger partial charge in [-0.3, -0.25) is 4.90 Å². The second-order valence-electron chi connectivity index (χ2n) is 4.08. The molecule has 2 heterocycles. The normalized spacial score (nSPS) is 16.6. The van der Waals surface area contributed by atoms with Crippen LogP contribution >= 0.6 is 0 Å². The van der Waals surface area contributed by atoms with Crippen molar-refractivity contribution in [2.45, 2.75) is 26.2 Å². The second-order valence-corrected chi connectivity index (χ2v) is 4.08. The molecule has 0 spiro atoms. The first-order valence-electron chi connectivity index (χ1n) is 6.05. The molecule has 1 saturated heterocycles. The first kappa shape index (κ1) is 11.3. The summed E-state index contributed by atoms with van der Waals surface area (Å²) in [5.41, 5.74) is 1.03. The fraction of sp³-hybridized carbons (Fsp3) is 0.667. The zero-order valence-electron chi connectivity index (χ0n) is 9.85. The minimum absolute atomic E-state index is 0.513. The van der Waals surface area contributed by atoms with Crippen LogP contribution in [0.1, 0.15) is 25.5 Å². The Balaban J connectivity index is 1.75. The molecule has 0 atom stereocenters. The highest BCUT2D eigenvalue weighted by molar-refractivity contribution is 5.04. The van der Waals surface area contributed by atoms with Crippen LogP contribution in [0, 0.1) is 0 Å². The monoisotopic (exact) mass is 221 g/mol. The molecule has 88 valence electrons. The fourth-order valence-corrected chi connectivity index (χ4v) is 1.91. The van der Waals surface area contributed by atoms with Crippen LogP contribution in [0.3, 0.4) is 0 Å². The third kappa shape index (κ3) is 3.17. The molecule has 0 radical (unpaired) electrons. The summed E-state index contributed by atoms with van der Waals surface area (Å²) in [6, 6.07) is 2.44. The van der Waals surface area contributed by atoms with Crippen molar-refractivity contribution in [3.8, 4) is 6.01 Å². The van der Waals surface area contributed by atoms with Gasteiger partial charge in [-0.1, -0.05) is 6.92 Å². The molecule has 0 N–H and O–H groups in total. The van der Waals surface area contributed by atoms with Gasteiger partial charge >= 0.3 is 6.01 Å².